The molecular formula is C11H19ClN2. The van der Waals surface area contributed by atoms with Gasteiger partial charge in [0, 0.05) is 24.7 Å². The molecule has 2 aliphatic heterocycles. The summed E-state index contributed by atoms with van der Waals surface area (Å²) in [5.41, 5.74) is 2.98. The number of nitrogens with zero attached hydrogens (tertiary/aromatic N) is 1. The van der Waals surface area contributed by atoms with E-state index in [1.807, 2.05) is 0 Å². The van der Waals surface area contributed by atoms with Gasteiger partial charge in [-0.25, -0.2) is 0 Å². The lowest BCUT2D eigenvalue weighted by Crippen LogP contribution is -2.34. The highest BCUT2D eigenvalue weighted by Crippen LogP contribution is 2.32. The van der Waals surface area contributed by atoms with Crippen LogP contribution in [0.1, 0.15) is 13.8 Å². The Morgan fingerprint density at radius 2 is 2.36 bits per heavy atom. The van der Waals surface area contributed by atoms with Crippen LogP contribution in [0.4, 0.5) is 0 Å². The summed E-state index contributed by atoms with van der Waals surface area (Å²) in [4.78, 5) is 2.56. The maximum atomic E-state index is 5.70. The molecule has 0 radical (unpaired) electrons. The first-order valence-electron chi connectivity index (χ1n) is 5.43. The SMILES string of the molecule is CC(=CCl)CN1CC2CNCC2C1C. The Labute approximate surface area is 91.3 Å². The summed E-state index contributed by atoms with van der Waals surface area (Å²) in [6, 6.07) is 0.710. The fourth-order valence-electron chi connectivity index (χ4n) is 2.82. The van der Waals surface area contributed by atoms with Crippen LogP contribution in [0.5, 0.6) is 0 Å². The van der Waals surface area contributed by atoms with E-state index >= 15 is 0 Å². The van der Waals surface area contributed by atoms with E-state index in [9.17, 15) is 0 Å². The van der Waals surface area contributed by atoms with Crippen molar-refractivity contribution in [2.24, 2.45) is 11.8 Å². The highest BCUT2D eigenvalue weighted by atomic mass is 35.5. The predicted octanol–water partition coefficient (Wildman–Crippen LogP) is 1.67. The molecule has 2 rings (SSSR count). The van der Waals surface area contributed by atoms with Crippen LogP contribution < -0.4 is 5.32 Å². The molecule has 0 bridgehead atoms. The van der Waals surface area contributed by atoms with Gasteiger partial charge in [0.25, 0.3) is 0 Å². The van der Waals surface area contributed by atoms with Crippen LogP contribution in [0.15, 0.2) is 11.1 Å². The van der Waals surface area contributed by atoms with Crippen molar-refractivity contribution >= 4 is 11.6 Å². The van der Waals surface area contributed by atoms with Gasteiger partial charge in [-0.1, -0.05) is 11.6 Å². The van der Waals surface area contributed by atoms with Gasteiger partial charge in [-0.3, -0.25) is 4.90 Å². The summed E-state index contributed by atoms with van der Waals surface area (Å²) in [5, 5.41) is 3.48. The molecule has 0 aromatic rings. The van der Waals surface area contributed by atoms with Crippen LogP contribution in [0.25, 0.3) is 0 Å². The first-order chi connectivity index (χ1) is 6.72. The molecule has 0 amide bonds. The van der Waals surface area contributed by atoms with E-state index in [0.717, 1.165) is 18.4 Å². The van der Waals surface area contributed by atoms with E-state index in [0.29, 0.717) is 6.04 Å². The van der Waals surface area contributed by atoms with Gasteiger partial charge in [0.05, 0.1) is 0 Å². The molecule has 80 valence electrons. The Hall–Kier alpha value is -0.0500. The van der Waals surface area contributed by atoms with Crippen molar-refractivity contribution in [1.29, 1.82) is 0 Å². The predicted molar refractivity (Wildman–Crippen MR) is 60.5 cm³/mol. The Morgan fingerprint density at radius 3 is 3.00 bits per heavy atom. The van der Waals surface area contributed by atoms with E-state index in [-0.39, 0.29) is 0 Å². The van der Waals surface area contributed by atoms with Crippen LogP contribution in [0.2, 0.25) is 0 Å². The van der Waals surface area contributed by atoms with Crippen molar-refractivity contribution in [2.75, 3.05) is 26.2 Å². The van der Waals surface area contributed by atoms with Crippen molar-refractivity contribution in [3.63, 3.8) is 0 Å². The Bertz CT molecular complexity index is 239. The second-order valence-corrected chi connectivity index (χ2v) is 4.93. The van der Waals surface area contributed by atoms with Gasteiger partial charge < -0.3 is 5.32 Å². The van der Waals surface area contributed by atoms with Crippen LogP contribution in [0.3, 0.4) is 0 Å². The van der Waals surface area contributed by atoms with Crippen LogP contribution in [-0.2, 0) is 0 Å². The Balaban J connectivity index is 1.96. The average molecular weight is 215 g/mol. The molecule has 2 fully saturated rings. The normalized spacial score (nSPS) is 39.1. The second-order valence-electron chi connectivity index (χ2n) is 4.71. The summed E-state index contributed by atoms with van der Waals surface area (Å²) < 4.78 is 0. The van der Waals surface area contributed by atoms with Crippen molar-refractivity contribution in [3.8, 4) is 0 Å². The molecule has 2 nitrogen and oxygen atoms in total. The highest BCUT2D eigenvalue weighted by Gasteiger charge is 2.41. The zero-order valence-corrected chi connectivity index (χ0v) is 9.72. The average Bonchev–Trinajstić information content (AvgIpc) is 2.72. The first-order valence-corrected chi connectivity index (χ1v) is 5.86. The first kappa shape index (κ1) is 10.5. The number of hydrogen-bond acceptors (Lipinski definition) is 2. The zero-order valence-electron chi connectivity index (χ0n) is 8.96. The maximum absolute atomic E-state index is 5.70. The minimum absolute atomic E-state index is 0.710. The summed E-state index contributed by atoms with van der Waals surface area (Å²) in [6.07, 6.45) is 0. The number of hydrogen-bond donors (Lipinski definition) is 1. The largest absolute Gasteiger partial charge is 0.316 e. The summed E-state index contributed by atoms with van der Waals surface area (Å²) in [6.45, 7) is 9.13. The van der Waals surface area contributed by atoms with Crippen LogP contribution in [0, 0.1) is 11.8 Å². The monoisotopic (exact) mass is 214 g/mol. The van der Waals surface area contributed by atoms with Gasteiger partial charge in [0.1, 0.15) is 0 Å². The zero-order chi connectivity index (χ0) is 10.1. The highest BCUT2D eigenvalue weighted by molar-refractivity contribution is 6.25. The molecule has 2 heterocycles. The molecule has 3 heteroatoms. The van der Waals surface area contributed by atoms with Crippen molar-refractivity contribution in [3.05, 3.63) is 11.1 Å². The van der Waals surface area contributed by atoms with Gasteiger partial charge in [-0.05, 0) is 44.3 Å². The summed E-state index contributed by atoms with van der Waals surface area (Å²) in [7, 11) is 0. The molecule has 0 aliphatic carbocycles. The molecule has 2 saturated heterocycles. The van der Waals surface area contributed by atoms with Crippen LogP contribution in [-0.4, -0.2) is 37.1 Å². The third-order valence-electron chi connectivity index (χ3n) is 3.70. The minimum Gasteiger partial charge on any atom is -0.316 e. The lowest BCUT2D eigenvalue weighted by Gasteiger charge is -2.24. The third-order valence-corrected chi connectivity index (χ3v) is 4.07. The topological polar surface area (TPSA) is 15.3 Å². The second kappa shape index (κ2) is 4.21. The molecule has 1 N–H and O–H groups in total. The van der Waals surface area contributed by atoms with Gasteiger partial charge in [-0.15, -0.1) is 0 Å². The molecule has 14 heavy (non-hydrogen) atoms. The fraction of sp³-hybridized carbons (Fsp3) is 0.818. The van der Waals surface area contributed by atoms with Gasteiger partial charge in [0.2, 0.25) is 0 Å². The maximum Gasteiger partial charge on any atom is 0.0204 e. The lowest BCUT2D eigenvalue weighted by molar-refractivity contribution is 0.259. The minimum atomic E-state index is 0.710. The van der Waals surface area contributed by atoms with E-state index in [2.05, 4.69) is 24.1 Å². The fourth-order valence-corrected chi connectivity index (χ4v) is 2.89. The smallest absolute Gasteiger partial charge is 0.0204 e. The van der Waals surface area contributed by atoms with E-state index in [1.165, 1.54) is 25.2 Å². The van der Waals surface area contributed by atoms with E-state index in [1.54, 1.807) is 5.54 Å². The van der Waals surface area contributed by atoms with E-state index < -0.39 is 0 Å². The molecule has 3 atom stereocenters. The Morgan fingerprint density at radius 1 is 1.57 bits per heavy atom. The number of likely N-dealkylation sites (tertiary alicyclic amines) is 1. The number of halogens is 1. The Kier molecular flexibility index (Phi) is 3.15. The molecule has 0 aromatic heterocycles. The standard InChI is InChI=1S/C11H19ClN2/c1-8(3-12)6-14-7-10-4-13-5-11(10)9(14)2/h3,9-11,13H,4-7H2,1-2H3. The molecule has 0 saturated carbocycles. The third kappa shape index (κ3) is 1.83. The van der Waals surface area contributed by atoms with Crippen molar-refractivity contribution in [1.82, 2.24) is 10.2 Å². The lowest BCUT2D eigenvalue weighted by atomic mass is 9.95. The summed E-state index contributed by atoms with van der Waals surface area (Å²) >= 11 is 5.70. The molecular weight excluding hydrogens is 196 g/mol. The molecule has 2 aliphatic rings. The number of rotatable bonds is 2. The quantitative estimate of drug-likeness (QED) is 0.753. The van der Waals surface area contributed by atoms with Gasteiger partial charge in [0.15, 0.2) is 0 Å². The van der Waals surface area contributed by atoms with Gasteiger partial charge >= 0.3 is 0 Å². The molecule has 0 aromatic carbocycles. The van der Waals surface area contributed by atoms with Crippen molar-refractivity contribution in [2.45, 2.75) is 19.9 Å². The molecule has 3 unspecified atom stereocenters. The van der Waals surface area contributed by atoms with E-state index in [4.69, 9.17) is 11.6 Å². The number of nitrogens with one attached hydrogen (secondary N) is 1. The van der Waals surface area contributed by atoms with Crippen molar-refractivity contribution < 1.29 is 0 Å². The molecule has 0 spiro atoms. The van der Waals surface area contributed by atoms with Crippen LogP contribution >= 0.6 is 11.6 Å². The van der Waals surface area contributed by atoms with Gasteiger partial charge in [-0.2, -0.15) is 0 Å². The summed E-state index contributed by atoms with van der Waals surface area (Å²) in [5.74, 6) is 1.73. The number of fused-ring (bicyclic) bond motifs is 1.